The minimum atomic E-state index is -0.920. The second kappa shape index (κ2) is 10.6. The van der Waals surface area contributed by atoms with Crippen molar-refractivity contribution >= 4 is 74.2 Å². The molecule has 4 aromatic rings. The normalized spacial score (nSPS) is 11.2. The van der Waals surface area contributed by atoms with Gasteiger partial charge in [-0.15, -0.1) is 11.3 Å². The Labute approximate surface area is 217 Å². The Morgan fingerprint density at radius 2 is 1.92 bits per heavy atom. The van der Waals surface area contributed by atoms with Crippen LogP contribution in [0.25, 0.3) is 16.3 Å². The van der Waals surface area contributed by atoms with Crippen molar-refractivity contribution < 1.29 is 14.5 Å². The van der Waals surface area contributed by atoms with E-state index < -0.39 is 10.8 Å². The number of halogens is 1. The quantitative estimate of drug-likeness (QED) is 0.134. The highest BCUT2D eigenvalue weighted by atomic mass is 35.5. The second-order valence-electron chi connectivity index (χ2n) is 7.24. The van der Waals surface area contributed by atoms with E-state index in [0.717, 1.165) is 16.5 Å². The predicted molar refractivity (Wildman–Crippen MR) is 139 cm³/mol. The lowest BCUT2D eigenvalue weighted by atomic mass is 10.1. The van der Waals surface area contributed by atoms with Gasteiger partial charge in [-0.25, -0.2) is 4.98 Å². The fourth-order valence-electron chi connectivity index (χ4n) is 3.10. The van der Waals surface area contributed by atoms with Gasteiger partial charge in [0.25, 0.3) is 17.5 Å². The maximum Gasteiger partial charge on any atom is 0.283 e. The number of hydrogen-bond donors (Lipinski definition) is 2. The maximum atomic E-state index is 12.5. The Balaban J connectivity index is 1.57. The molecule has 0 fully saturated rings. The second-order valence-corrected chi connectivity index (χ2v) is 10.00. The Bertz CT molecular complexity index is 1590. The van der Waals surface area contributed by atoms with E-state index in [1.54, 1.807) is 54.6 Å². The van der Waals surface area contributed by atoms with Crippen LogP contribution >= 0.6 is 34.7 Å². The first-order valence-corrected chi connectivity index (χ1v) is 12.1. The predicted octanol–water partition coefficient (Wildman–Crippen LogP) is 5.65. The van der Waals surface area contributed by atoms with Gasteiger partial charge in [0.05, 0.1) is 20.0 Å². The number of carbonyl (C=O) groups is 2. The van der Waals surface area contributed by atoms with Crippen molar-refractivity contribution in [3.05, 3.63) is 92.5 Å². The van der Waals surface area contributed by atoms with Crippen LogP contribution in [0.3, 0.4) is 0 Å². The number of carbonyl (C=O) groups excluding carboxylic acids is 2. The minimum Gasteiger partial charge on any atom is -0.365 e. The largest absolute Gasteiger partial charge is 0.365 e. The highest BCUT2D eigenvalue weighted by Crippen LogP contribution is 2.39. The SMILES string of the molecule is N#C/C(=C\c1ccc(Sc2nc3ccc(NC(=O)c4ccc(Cl)cc4)cc3s2)c([N+](=O)[O-])c1)C(N)=O. The van der Waals surface area contributed by atoms with Crippen molar-refractivity contribution in [3.63, 3.8) is 0 Å². The maximum absolute atomic E-state index is 12.5. The number of anilines is 1. The molecule has 1 heterocycles. The fraction of sp³-hybridized carbons (Fsp3) is 0. The van der Waals surface area contributed by atoms with Crippen LogP contribution in [0.1, 0.15) is 15.9 Å². The van der Waals surface area contributed by atoms with Crippen LogP contribution < -0.4 is 11.1 Å². The summed E-state index contributed by atoms with van der Waals surface area (Å²) in [5.41, 5.74) is 6.63. The summed E-state index contributed by atoms with van der Waals surface area (Å²) in [5.74, 6) is -1.21. The summed E-state index contributed by atoms with van der Waals surface area (Å²) >= 11 is 8.30. The molecule has 3 N–H and O–H groups in total. The number of rotatable bonds is 7. The Morgan fingerprint density at radius 3 is 2.58 bits per heavy atom. The average Bonchev–Trinajstić information content (AvgIpc) is 3.24. The molecule has 0 bridgehead atoms. The van der Waals surface area contributed by atoms with Gasteiger partial charge in [-0.1, -0.05) is 29.4 Å². The van der Waals surface area contributed by atoms with Crippen LogP contribution in [0.4, 0.5) is 11.4 Å². The summed E-state index contributed by atoms with van der Waals surface area (Å²) in [5, 5.41) is 24.0. The molecule has 4 rings (SSSR count). The molecule has 0 aliphatic heterocycles. The molecule has 0 unspecified atom stereocenters. The van der Waals surface area contributed by atoms with Crippen molar-refractivity contribution in [3.8, 4) is 6.07 Å². The average molecular weight is 536 g/mol. The van der Waals surface area contributed by atoms with Crippen LogP contribution in [0, 0.1) is 21.4 Å². The minimum absolute atomic E-state index is 0.203. The van der Waals surface area contributed by atoms with E-state index >= 15 is 0 Å². The van der Waals surface area contributed by atoms with Gasteiger partial charge in [-0.05, 0) is 60.2 Å². The van der Waals surface area contributed by atoms with Gasteiger partial charge in [0, 0.05) is 22.3 Å². The summed E-state index contributed by atoms with van der Waals surface area (Å²) in [6.45, 7) is 0. The van der Waals surface area contributed by atoms with E-state index in [0.29, 0.717) is 36.6 Å². The molecule has 0 spiro atoms. The molecule has 0 aliphatic carbocycles. The van der Waals surface area contributed by atoms with E-state index in [-0.39, 0.29) is 17.2 Å². The standard InChI is InChI=1S/C24H14ClN5O4S2/c25-16-4-2-14(3-5-16)23(32)28-17-6-7-18-21(11-17)36-24(29-18)35-20-8-1-13(10-19(20)30(33)34)9-15(12-26)22(27)31/h1-11H,(H2,27,31)(H,28,32)/b15-9+. The van der Waals surface area contributed by atoms with Crippen molar-refractivity contribution in [2.45, 2.75) is 9.24 Å². The smallest absolute Gasteiger partial charge is 0.283 e. The van der Waals surface area contributed by atoms with Crippen molar-refractivity contribution in [2.24, 2.45) is 5.73 Å². The zero-order valence-corrected chi connectivity index (χ0v) is 20.5. The van der Waals surface area contributed by atoms with Gasteiger partial charge in [-0.3, -0.25) is 19.7 Å². The van der Waals surface area contributed by atoms with Gasteiger partial charge in [0.2, 0.25) is 0 Å². The molecule has 0 saturated heterocycles. The summed E-state index contributed by atoms with van der Waals surface area (Å²) in [7, 11) is 0. The van der Waals surface area contributed by atoms with Gasteiger partial charge in [0.1, 0.15) is 11.6 Å². The number of nitrogens with one attached hydrogen (secondary N) is 1. The third-order valence-corrected chi connectivity index (χ3v) is 7.20. The summed E-state index contributed by atoms with van der Waals surface area (Å²) < 4.78 is 1.35. The van der Waals surface area contributed by atoms with E-state index in [2.05, 4.69) is 10.3 Å². The first kappa shape index (κ1) is 24.9. The molecule has 0 atom stereocenters. The molecule has 36 heavy (non-hydrogen) atoms. The molecule has 0 aliphatic rings. The molecular weight excluding hydrogens is 522 g/mol. The number of nitro groups is 1. The zero-order valence-electron chi connectivity index (χ0n) is 18.1. The first-order chi connectivity index (χ1) is 17.2. The fourth-order valence-corrected chi connectivity index (χ4v) is 5.38. The third kappa shape index (κ3) is 5.69. The summed E-state index contributed by atoms with van der Waals surface area (Å²) in [6, 6.07) is 17.8. The van der Waals surface area contributed by atoms with Crippen LogP contribution in [0.2, 0.25) is 5.02 Å². The Kier molecular flexibility index (Phi) is 7.30. The number of fused-ring (bicyclic) bond motifs is 1. The first-order valence-electron chi connectivity index (χ1n) is 10.1. The topological polar surface area (TPSA) is 152 Å². The number of aromatic nitrogens is 1. The zero-order chi connectivity index (χ0) is 25.8. The van der Waals surface area contributed by atoms with Crippen molar-refractivity contribution in [1.29, 1.82) is 5.26 Å². The molecule has 12 heteroatoms. The number of nitro benzene ring substituents is 1. The highest BCUT2D eigenvalue weighted by molar-refractivity contribution is 8.01. The van der Waals surface area contributed by atoms with Crippen LogP contribution in [-0.2, 0) is 4.79 Å². The lowest BCUT2D eigenvalue weighted by Gasteiger charge is -2.05. The number of hydrogen-bond acceptors (Lipinski definition) is 8. The van der Waals surface area contributed by atoms with E-state index in [4.69, 9.17) is 22.6 Å². The Morgan fingerprint density at radius 1 is 1.17 bits per heavy atom. The number of nitrogens with two attached hydrogens (primary N) is 1. The van der Waals surface area contributed by atoms with Gasteiger partial charge in [-0.2, -0.15) is 5.26 Å². The molecule has 1 aromatic heterocycles. The molecule has 178 valence electrons. The van der Waals surface area contributed by atoms with Crippen molar-refractivity contribution in [2.75, 3.05) is 5.32 Å². The van der Waals surface area contributed by atoms with E-state index in [9.17, 15) is 19.7 Å². The summed E-state index contributed by atoms with van der Waals surface area (Å²) in [6.07, 6.45) is 1.20. The van der Waals surface area contributed by atoms with Gasteiger partial charge < -0.3 is 11.1 Å². The number of amides is 2. The molecule has 3 aromatic carbocycles. The van der Waals surface area contributed by atoms with E-state index in [1.165, 1.54) is 29.5 Å². The van der Waals surface area contributed by atoms with Crippen LogP contribution in [-0.4, -0.2) is 21.7 Å². The lowest BCUT2D eigenvalue weighted by Crippen LogP contribution is -2.12. The monoisotopic (exact) mass is 535 g/mol. The number of nitriles is 1. The lowest BCUT2D eigenvalue weighted by molar-refractivity contribution is -0.387. The molecular formula is C24H14ClN5O4S2. The highest BCUT2D eigenvalue weighted by Gasteiger charge is 2.18. The Hall–Kier alpha value is -4.24. The molecule has 9 nitrogen and oxygen atoms in total. The van der Waals surface area contributed by atoms with Crippen LogP contribution in [0.5, 0.6) is 0 Å². The molecule has 2 amide bonds. The number of thiazole rings is 1. The van der Waals surface area contributed by atoms with Crippen molar-refractivity contribution in [1.82, 2.24) is 4.98 Å². The summed E-state index contributed by atoms with van der Waals surface area (Å²) in [4.78, 5) is 39.7. The molecule has 0 saturated carbocycles. The number of primary amides is 1. The van der Waals surface area contributed by atoms with E-state index in [1.807, 2.05) is 0 Å². The number of benzene rings is 3. The van der Waals surface area contributed by atoms with Gasteiger partial charge in [0.15, 0.2) is 4.34 Å². The third-order valence-electron chi connectivity index (χ3n) is 4.81. The van der Waals surface area contributed by atoms with Gasteiger partial charge >= 0.3 is 0 Å². The molecule has 0 radical (unpaired) electrons. The number of nitrogens with zero attached hydrogens (tertiary/aromatic N) is 3. The van der Waals surface area contributed by atoms with Crippen LogP contribution in [0.15, 0.2) is 75.5 Å².